The van der Waals surface area contributed by atoms with Gasteiger partial charge in [0.15, 0.2) is 0 Å². The van der Waals surface area contributed by atoms with Crippen molar-refractivity contribution in [1.82, 2.24) is 4.90 Å². The van der Waals surface area contributed by atoms with Crippen LogP contribution in [0, 0.1) is 0 Å². The molecule has 5 nitrogen and oxygen atoms in total. The van der Waals surface area contributed by atoms with Crippen LogP contribution in [0.3, 0.4) is 0 Å². The van der Waals surface area contributed by atoms with Crippen LogP contribution in [-0.2, 0) is 16.1 Å². The Morgan fingerprint density at radius 2 is 2.04 bits per heavy atom. The molecule has 1 fully saturated rings. The molecule has 0 saturated carbocycles. The number of nitrogens with one attached hydrogen (secondary N) is 1. The van der Waals surface area contributed by atoms with Gasteiger partial charge in [-0.05, 0) is 37.1 Å². The van der Waals surface area contributed by atoms with Gasteiger partial charge in [0.2, 0.25) is 5.91 Å². The van der Waals surface area contributed by atoms with Gasteiger partial charge in [-0.1, -0.05) is 29.3 Å². The van der Waals surface area contributed by atoms with Crippen LogP contribution in [0.2, 0.25) is 10.0 Å². The van der Waals surface area contributed by atoms with Crippen LogP contribution < -0.4 is 5.32 Å². The Hall–Kier alpha value is -1.53. The predicted octanol–water partition coefficient (Wildman–Crippen LogP) is 4.60. The third-order valence-electron chi connectivity index (χ3n) is 4.33. The highest BCUT2D eigenvalue weighted by atomic mass is 35.5. The summed E-state index contributed by atoms with van der Waals surface area (Å²) in [7, 11) is 0. The molecule has 1 N–H and O–H groups in total. The van der Waals surface area contributed by atoms with Crippen LogP contribution in [0.15, 0.2) is 41.0 Å². The number of para-hydroxylation sites is 1. The van der Waals surface area contributed by atoms with Crippen LogP contribution in [0.25, 0.3) is 0 Å². The maximum atomic E-state index is 12.4. The van der Waals surface area contributed by atoms with Gasteiger partial charge in [0, 0.05) is 26.1 Å². The number of ether oxygens (including phenoxy) is 1. The molecule has 1 aromatic carbocycles. The topological polar surface area (TPSA) is 54.7 Å². The fourth-order valence-electron chi connectivity index (χ4n) is 3.01. The first-order valence-corrected chi connectivity index (χ1v) is 9.47. The van der Waals surface area contributed by atoms with E-state index < -0.39 is 0 Å². The minimum atomic E-state index is -0.128. The minimum Gasteiger partial charge on any atom is -0.468 e. The Morgan fingerprint density at radius 3 is 2.69 bits per heavy atom. The number of carbonyl (C=O) groups excluding carboxylic acids is 1. The molecule has 140 valence electrons. The maximum absolute atomic E-state index is 12.4. The molecule has 1 atom stereocenters. The molecule has 1 aliphatic heterocycles. The molecule has 0 spiro atoms. The van der Waals surface area contributed by atoms with Crippen LogP contribution in [0.5, 0.6) is 0 Å². The first kappa shape index (κ1) is 19.2. The summed E-state index contributed by atoms with van der Waals surface area (Å²) >= 11 is 12.2. The third kappa shape index (κ3) is 5.48. The van der Waals surface area contributed by atoms with Crippen molar-refractivity contribution in [1.29, 1.82) is 0 Å². The van der Waals surface area contributed by atoms with Crippen LogP contribution in [0.4, 0.5) is 5.69 Å². The van der Waals surface area contributed by atoms with Crippen molar-refractivity contribution in [3.63, 3.8) is 0 Å². The van der Waals surface area contributed by atoms with E-state index in [1.54, 1.807) is 24.5 Å². The first-order chi connectivity index (χ1) is 12.6. The number of carbonyl (C=O) groups is 1. The van der Waals surface area contributed by atoms with E-state index in [2.05, 4.69) is 10.2 Å². The van der Waals surface area contributed by atoms with Gasteiger partial charge in [0.05, 0.1) is 34.6 Å². The Kier molecular flexibility index (Phi) is 6.97. The average molecular weight is 397 g/mol. The van der Waals surface area contributed by atoms with Crippen molar-refractivity contribution in [3.05, 3.63) is 52.4 Å². The first-order valence-electron chi connectivity index (χ1n) is 8.72. The van der Waals surface area contributed by atoms with Crippen molar-refractivity contribution < 1.29 is 13.9 Å². The van der Waals surface area contributed by atoms with Crippen molar-refractivity contribution in [2.75, 3.05) is 25.0 Å². The van der Waals surface area contributed by atoms with Gasteiger partial charge in [-0.3, -0.25) is 9.69 Å². The van der Waals surface area contributed by atoms with Crippen molar-refractivity contribution in [2.45, 2.75) is 31.9 Å². The number of anilines is 1. The number of halogens is 2. The standard InChI is InChI=1S/C19H22Cl2N2O3/c20-16-6-1-7-17(21)19(16)22-18(24)8-9-23(12-14-4-2-10-25-14)13-15-5-3-11-26-15/h1-2,4,6-7,10,15H,3,5,8-9,11-13H2,(H,22,24). The molecule has 3 rings (SSSR count). The highest BCUT2D eigenvalue weighted by Gasteiger charge is 2.21. The lowest BCUT2D eigenvalue weighted by Crippen LogP contribution is -2.34. The fourth-order valence-corrected chi connectivity index (χ4v) is 3.50. The van der Waals surface area contributed by atoms with Crippen molar-refractivity contribution >= 4 is 34.8 Å². The van der Waals surface area contributed by atoms with E-state index in [4.69, 9.17) is 32.4 Å². The Labute approximate surface area is 163 Å². The van der Waals surface area contributed by atoms with Crippen molar-refractivity contribution in [2.24, 2.45) is 0 Å². The lowest BCUT2D eigenvalue weighted by atomic mass is 10.2. The summed E-state index contributed by atoms with van der Waals surface area (Å²) < 4.78 is 11.2. The van der Waals surface area contributed by atoms with Gasteiger partial charge in [-0.25, -0.2) is 0 Å². The largest absolute Gasteiger partial charge is 0.468 e. The van der Waals surface area contributed by atoms with Crippen molar-refractivity contribution in [3.8, 4) is 0 Å². The lowest BCUT2D eigenvalue weighted by Gasteiger charge is -2.24. The Balaban J connectivity index is 1.56. The van der Waals surface area contributed by atoms with E-state index in [1.807, 2.05) is 12.1 Å². The smallest absolute Gasteiger partial charge is 0.225 e. The second-order valence-electron chi connectivity index (χ2n) is 6.34. The Bertz CT molecular complexity index is 695. The summed E-state index contributed by atoms with van der Waals surface area (Å²) in [6, 6.07) is 8.94. The van der Waals surface area contributed by atoms with Crippen LogP contribution in [-0.4, -0.2) is 36.6 Å². The molecule has 0 bridgehead atoms. The number of amides is 1. The number of benzene rings is 1. The van der Waals surface area contributed by atoms with Crippen LogP contribution in [0.1, 0.15) is 25.0 Å². The van der Waals surface area contributed by atoms with E-state index in [0.29, 0.717) is 35.2 Å². The molecular formula is C19H22Cl2N2O3. The summed E-state index contributed by atoms with van der Waals surface area (Å²) in [5, 5.41) is 3.66. The maximum Gasteiger partial charge on any atom is 0.225 e. The number of rotatable bonds is 8. The molecule has 1 aromatic heterocycles. The summed E-state index contributed by atoms with van der Waals surface area (Å²) in [6.45, 7) is 2.83. The highest BCUT2D eigenvalue weighted by molar-refractivity contribution is 6.39. The highest BCUT2D eigenvalue weighted by Crippen LogP contribution is 2.29. The fraction of sp³-hybridized carbons (Fsp3) is 0.421. The summed E-state index contributed by atoms with van der Waals surface area (Å²) in [5.74, 6) is 0.745. The molecule has 1 amide bonds. The van der Waals surface area contributed by atoms with Gasteiger partial charge in [0.1, 0.15) is 5.76 Å². The molecule has 1 unspecified atom stereocenters. The molecule has 1 aliphatic rings. The normalized spacial score (nSPS) is 17.0. The van der Waals surface area contributed by atoms with Gasteiger partial charge < -0.3 is 14.5 Å². The average Bonchev–Trinajstić information content (AvgIpc) is 3.30. The van der Waals surface area contributed by atoms with Gasteiger partial charge in [-0.2, -0.15) is 0 Å². The summed E-state index contributed by atoms with van der Waals surface area (Å²) in [5.41, 5.74) is 0.456. The molecule has 2 aromatic rings. The van der Waals surface area contributed by atoms with Crippen LogP contribution >= 0.6 is 23.2 Å². The number of furan rings is 1. The minimum absolute atomic E-state index is 0.128. The van der Waals surface area contributed by atoms with E-state index in [0.717, 1.165) is 31.8 Å². The summed E-state index contributed by atoms with van der Waals surface area (Å²) in [4.78, 5) is 14.5. The SMILES string of the molecule is O=C(CCN(Cc1ccco1)CC1CCCO1)Nc1c(Cl)cccc1Cl. The predicted molar refractivity (Wildman–Crippen MR) is 103 cm³/mol. The molecule has 26 heavy (non-hydrogen) atoms. The van der Waals surface area contributed by atoms with Gasteiger partial charge in [0.25, 0.3) is 0 Å². The Morgan fingerprint density at radius 1 is 1.23 bits per heavy atom. The molecule has 7 heteroatoms. The number of nitrogens with zero attached hydrogens (tertiary/aromatic N) is 1. The monoisotopic (exact) mass is 396 g/mol. The zero-order valence-electron chi connectivity index (χ0n) is 14.4. The second-order valence-corrected chi connectivity index (χ2v) is 7.16. The zero-order valence-corrected chi connectivity index (χ0v) is 15.9. The number of hydrogen-bond donors (Lipinski definition) is 1. The second kappa shape index (κ2) is 9.42. The van der Waals surface area contributed by atoms with E-state index in [1.165, 1.54) is 0 Å². The molecular weight excluding hydrogens is 375 g/mol. The van der Waals surface area contributed by atoms with E-state index >= 15 is 0 Å². The zero-order chi connectivity index (χ0) is 18.4. The molecule has 0 radical (unpaired) electrons. The molecule has 0 aliphatic carbocycles. The van der Waals surface area contributed by atoms with Gasteiger partial charge >= 0.3 is 0 Å². The van der Waals surface area contributed by atoms with Gasteiger partial charge in [-0.15, -0.1) is 0 Å². The molecule has 1 saturated heterocycles. The quantitative estimate of drug-likeness (QED) is 0.708. The third-order valence-corrected chi connectivity index (χ3v) is 4.96. The summed E-state index contributed by atoms with van der Waals surface area (Å²) in [6.07, 6.45) is 4.34. The van der Waals surface area contributed by atoms with E-state index in [-0.39, 0.29) is 12.0 Å². The molecule has 2 heterocycles. The van der Waals surface area contributed by atoms with E-state index in [9.17, 15) is 4.79 Å². The number of hydrogen-bond acceptors (Lipinski definition) is 4. The lowest BCUT2D eigenvalue weighted by molar-refractivity contribution is -0.116.